The monoisotopic (exact) mass is 409 g/mol. The molecule has 1 fully saturated rings. The van der Waals surface area contributed by atoms with Gasteiger partial charge < -0.3 is 25.5 Å². The topological polar surface area (TPSA) is 115 Å². The molecule has 2 unspecified atom stereocenters. The standard InChI is InChI=1S/C18H27N5O4S/c1-22(2)17(25)10-4-5-11(21-18(26)27)13(8-10)19-15(24)16-20-12-6-7-23(3)9-14(12)28-16/h10-11,13,21H,4-9H2,1-3H3,(H,19,24)(H,26,27)/t10?,11-,13?/m0/s1. The average molecular weight is 410 g/mol. The third-order valence-electron chi connectivity index (χ3n) is 5.38. The number of carbonyl (C=O) groups is 3. The van der Waals surface area contributed by atoms with Gasteiger partial charge in [0.25, 0.3) is 5.91 Å². The molecule has 3 rings (SSSR count). The third kappa shape index (κ3) is 4.61. The van der Waals surface area contributed by atoms with Crippen LogP contribution >= 0.6 is 11.3 Å². The summed E-state index contributed by atoms with van der Waals surface area (Å²) in [6.45, 7) is 1.70. The Balaban J connectivity index is 1.72. The molecule has 0 bridgehead atoms. The first-order chi connectivity index (χ1) is 13.2. The van der Waals surface area contributed by atoms with E-state index in [0.717, 1.165) is 30.1 Å². The molecule has 2 aliphatic rings. The number of hydrogen-bond acceptors (Lipinski definition) is 6. The predicted octanol–water partition coefficient (Wildman–Crippen LogP) is 0.754. The molecule has 1 saturated carbocycles. The molecule has 0 aromatic carbocycles. The van der Waals surface area contributed by atoms with Crippen LogP contribution in [0.2, 0.25) is 0 Å². The zero-order chi connectivity index (χ0) is 20.4. The maximum atomic E-state index is 12.8. The number of amides is 3. The van der Waals surface area contributed by atoms with Gasteiger partial charge in [0, 0.05) is 44.4 Å². The summed E-state index contributed by atoms with van der Waals surface area (Å²) >= 11 is 1.39. The summed E-state index contributed by atoms with van der Waals surface area (Å²) in [5.41, 5.74) is 0.970. The van der Waals surface area contributed by atoms with E-state index in [2.05, 4.69) is 20.5 Å². The molecule has 3 amide bonds. The highest BCUT2D eigenvalue weighted by molar-refractivity contribution is 7.13. The lowest BCUT2D eigenvalue weighted by Crippen LogP contribution is -2.55. The van der Waals surface area contributed by atoms with Gasteiger partial charge in [-0.1, -0.05) is 0 Å². The summed E-state index contributed by atoms with van der Waals surface area (Å²) in [6.07, 6.45) is 1.19. The van der Waals surface area contributed by atoms with Crippen LogP contribution in [-0.2, 0) is 17.8 Å². The Morgan fingerprint density at radius 3 is 2.64 bits per heavy atom. The summed E-state index contributed by atoms with van der Waals surface area (Å²) in [5, 5.41) is 14.9. The highest BCUT2D eigenvalue weighted by Gasteiger charge is 2.36. The molecule has 1 aliphatic carbocycles. The summed E-state index contributed by atoms with van der Waals surface area (Å²) < 4.78 is 0. The lowest BCUT2D eigenvalue weighted by atomic mass is 9.81. The van der Waals surface area contributed by atoms with Gasteiger partial charge in [-0.05, 0) is 26.3 Å². The molecule has 0 radical (unpaired) electrons. The minimum Gasteiger partial charge on any atom is -0.465 e. The van der Waals surface area contributed by atoms with E-state index < -0.39 is 18.2 Å². The van der Waals surface area contributed by atoms with Gasteiger partial charge in [-0.3, -0.25) is 9.59 Å². The fraction of sp³-hybridized carbons (Fsp3) is 0.667. The van der Waals surface area contributed by atoms with Crippen LogP contribution in [0.3, 0.4) is 0 Å². The van der Waals surface area contributed by atoms with Gasteiger partial charge in [0.15, 0.2) is 5.01 Å². The molecule has 3 atom stereocenters. The number of thiazole rings is 1. The Morgan fingerprint density at radius 2 is 1.96 bits per heavy atom. The predicted molar refractivity (Wildman–Crippen MR) is 104 cm³/mol. The first kappa shape index (κ1) is 20.5. The number of carbonyl (C=O) groups excluding carboxylic acids is 2. The van der Waals surface area contributed by atoms with E-state index in [1.807, 2.05) is 7.05 Å². The molecule has 1 aliphatic heterocycles. The van der Waals surface area contributed by atoms with Crippen molar-refractivity contribution < 1.29 is 19.5 Å². The molecule has 10 heteroatoms. The molecule has 28 heavy (non-hydrogen) atoms. The molecule has 0 saturated heterocycles. The fourth-order valence-electron chi connectivity index (χ4n) is 3.90. The summed E-state index contributed by atoms with van der Waals surface area (Å²) in [6, 6.07) is -0.872. The Morgan fingerprint density at radius 1 is 1.21 bits per heavy atom. The second-order valence-corrected chi connectivity index (χ2v) is 8.84. The van der Waals surface area contributed by atoms with Crippen molar-refractivity contribution in [3.05, 3.63) is 15.6 Å². The minimum atomic E-state index is -1.13. The van der Waals surface area contributed by atoms with Crippen molar-refractivity contribution >= 4 is 29.2 Å². The van der Waals surface area contributed by atoms with Crippen molar-refractivity contribution in [2.24, 2.45) is 5.92 Å². The largest absolute Gasteiger partial charge is 0.465 e. The molecule has 0 spiro atoms. The van der Waals surface area contributed by atoms with Gasteiger partial charge in [-0.2, -0.15) is 0 Å². The average Bonchev–Trinajstić information content (AvgIpc) is 3.05. The van der Waals surface area contributed by atoms with E-state index in [9.17, 15) is 14.4 Å². The highest BCUT2D eigenvalue weighted by atomic mass is 32.1. The molecule has 154 valence electrons. The van der Waals surface area contributed by atoms with Crippen LogP contribution < -0.4 is 10.6 Å². The molecule has 2 heterocycles. The van der Waals surface area contributed by atoms with Crippen LogP contribution in [0.15, 0.2) is 0 Å². The van der Waals surface area contributed by atoms with Crippen molar-refractivity contribution in [1.82, 2.24) is 25.4 Å². The van der Waals surface area contributed by atoms with Crippen molar-refractivity contribution in [3.63, 3.8) is 0 Å². The molecule has 1 aromatic heterocycles. The van der Waals surface area contributed by atoms with Crippen molar-refractivity contribution in [2.75, 3.05) is 27.7 Å². The van der Waals surface area contributed by atoms with Crippen LogP contribution in [0.25, 0.3) is 0 Å². The molecule has 1 aromatic rings. The molecular formula is C18H27N5O4S. The van der Waals surface area contributed by atoms with E-state index in [4.69, 9.17) is 5.11 Å². The maximum absolute atomic E-state index is 12.8. The van der Waals surface area contributed by atoms with E-state index in [1.54, 1.807) is 19.0 Å². The Hall–Kier alpha value is -2.20. The van der Waals surface area contributed by atoms with Gasteiger partial charge >= 0.3 is 6.09 Å². The van der Waals surface area contributed by atoms with Crippen LogP contribution in [0, 0.1) is 5.92 Å². The fourth-order valence-corrected chi connectivity index (χ4v) is 4.99. The quantitative estimate of drug-likeness (QED) is 0.676. The number of hydrogen-bond donors (Lipinski definition) is 3. The Kier molecular flexibility index (Phi) is 6.19. The summed E-state index contributed by atoms with van der Waals surface area (Å²) in [5.74, 6) is -0.534. The van der Waals surface area contributed by atoms with Crippen LogP contribution in [0.1, 0.15) is 39.6 Å². The van der Waals surface area contributed by atoms with Gasteiger partial charge in [-0.25, -0.2) is 9.78 Å². The molecule has 3 N–H and O–H groups in total. The smallest absolute Gasteiger partial charge is 0.404 e. The normalized spacial score (nSPS) is 24.9. The first-order valence-corrected chi connectivity index (χ1v) is 10.2. The van der Waals surface area contributed by atoms with E-state index >= 15 is 0 Å². The van der Waals surface area contributed by atoms with Crippen LogP contribution in [0.4, 0.5) is 4.79 Å². The van der Waals surface area contributed by atoms with E-state index in [0.29, 0.717) is 24.3 Å². The van der Waals surface area contributed by atoms with Crippen LogP contribution in [-0.4, -0.2) is 77.6 Å². The van der Waals surface area contributed by atoms with Gasteiger partial charge in [0.05, 0.1) is 17.8 Å². The summed E-state index contributed by atoms with van der Waals surface area (Å²) in [7, 11) is 5.44. The van der Waals surface area contributed by atoms with Crippen LogP contribution in [0.5, 0.6) is 0 Å². The lowest BCUT2D eigenvalue weighted by Gasteiger charge is -2.36. The van der Waals surface area contributed by atoms with Gasteiger partial charge in [0.2, 0.25) is 5.91 Å². The second kappa shape index (κ2) is 8.44. The van der Waals surface area contributed by atoms with E-state index in [1.165, 1.54) is 11.3 Å². The van der Waals surface area contributed by atoms with Gasteiger partial charge in [0.1, 0.15) is 0 Å². The second-order valence-electron chi connectivity index (χ2n) is 7.76. The number of aromatic nitrogens is 1. The Labute approximate surface area is 168 Å². The lowest BCUT2D eigenvalue weighted by molar-refractivity contribution is -0.134. The summed E-state index contributed by atoms with van der Waals surface area (Å²) in [4.78, 5) is 45.6. The number of rotatable bonds is 4. The number of fused-ring (bicyclic) bond motifs is 1. The number of nitrogens with one attached hydrogen (secondary N) is 2. The molecular weight excluding hydrogens is 382 g/mol. The number of likely N-dealkylation sites (N-methyl/N-ethyl adjacent to an activating group) is 1. The number of nitrogens with zero attached hydrogens (tertiary/aromatic N) is 3. The van der Waals surface area contributed by atoms with E-state index in [-0.39, 0.29) is 17.7 Å². The number of carboxylic acid groups (broad SMARTS) is 1. The highest BCUT2D eigenvalue weighted by Crippen LogP contribution is 2.28. The van der Waals surface area contributed by atoms with Gasteiger partial charge in [-0.15, -0.1) is 11.3 Å². The van der Waals surface area contributed by atoms with Crippen molar-refractivity contribution in [2.45, 2.75) is 44.3 Å². The SMILES string of the molecule is CN1CCc2nc(C(=O)NC3CC(C(=O)N(C)C)CC[C@@H]3NC(=O)O)sc2C1. The first-order valence-electron chi connectivity index (χ1n) is 9.43. The third-order valence-corrected chi connectivity index (χ3v) is 6.46. The zero-order valence-corrected chi connectivity index (χ0v) is 17.2. The Bertz CT molecular complexity index is 765. The minimum absolute atomic E-state index is 0.000717. The molecule has 9 nitrogen and oxygen atoms in total. The zero-order valence-electron chi connectivity index (χ0n) is 16.4. The van der Waals surface area contributed by atoms with Crippen molar-refractivity contribution in [3.8, 4) is 0 Å². The maximum Gasteiger partial charge on any atom is 0.404 e. The van der Waals surface area contributed by atoms with Crippen molar-refractivity contribution in [1.29, 1.82) is 0 Å².